The van der Waals surface area contributed by atoms with E-state index in [0.29, 0.717) is 6.54 Å². The molecule has 0 amide bonds. The van der Waals surface area contributed by atoms with Crippen molar-refractivity contribution in [1.82, 2.24) is 5.32 Å². The predicted molar refractivity (Wildman–Crippen MR) is 71.5 cm³/mol. The van der Waals surface area contributed by atoms with Gasteiger partial charge >= 0.3 is 0 Å². The molecule has 2 atom stereocenters. The van der Waals surface area contributed by atoms with Crippen LogP contribution in [0.4, 0.5) is 0 Å². The van der Waals surface area contributed by atoms with Crippen molar-refractivity contribution in [2.45, 2.75) is 38.8 Å². The molecule has 0 aliphatic heterocycles. The third-order valence-corrected chi connectivity index (χ3v) is 3.45. The van der Waals surface area contributed by atoms with E-state index >= 15 is 0 Å². The van der Waals surface area contributed by atoms with Gasteiger partial charge in [0.2, 0.25) is 0 Å². The summed E-state index contributed by atoms with van der Waals surface area (Å²) >= 11 is 3.42. The van der Waals surface area contributed by atoms with E-state index in [9.17, 15) is 5.11 Å². The number of hydrogen-bond acceptors (Lipinski definition) is 2. The Hall–Kier alpha value is -0.380. The van der Waals surface area contributed by atoms with Crippen molar-refractivity contribution in [3.8, 4) is 0 Å². The molecule has 0 saturated carbocycles. The van der Waals surface area contributed by atoms with Crippen molar-refractivity contribution >= 4 is 15.9 Å². The lowest BCUT2D eigenvalue weighted by Gasteiger charge is -2.24. The SMILES string of the molecule is CCC(C)(O)CNC(C)c1ccc(Br)cc1. The highest BCUT2D eigenvalue weighted by Crippen LogP contribution is 2.17. The minimum absolute atomic E-state index is 0.256. The maximum absolute atomic E-state index is 9.89. The maximum Gasteiger partial charge on any atom is 0.0741 e. The molecule has 0 spiro atoms. The van der Waals surface area contributed by atoms with Crippen LogP contribution in [0.25, 0.3) is 0 Å². The topological polar surface area (TPSA) is 32.3 Å². The summed E-state index contributed by atoms with van der Waals surface area (Å²) in [6, 6.07) is 8.49. The van der Waals surface area contributed by atoms with Crippen molar-refractivity contribution in [1.29, 1.82) is 0 Å². The molecule has 2 N–H and O–H groups in total. The number of rotatable bonds is 5. The highest BCUT2D eigenvalue weighted by Gasteiger charge is 2.18. The largest absolute Gasteiger partial charge is 0.389 e. The van der Waals surface area contributed by atoms with E-state index in [2.05, 4.69) is 40.3 Å². The molecule has 0 radical (unpaired) electrons. The molecule has 1 aromatic carbocycles. The summed E-state index contributed by atoms with van der Waals surface area (Å²) in [7, 11) is 0. The summed E-state index contributed by atoms with van der Waals surface area (Å²) in [5.41, 5.74) is 0.610. The molecule has 0 aromatic heterocycles. The van der Waals surface area contributed by atoms with Gasteiger partial charge in [0.1, 0.15) is 0 Å². The summed E-state index contributed by atoms with van der Waals surface area (Å²) in [6.07, 6.45) is 0.757. The van der Waals surface area contributed by atoms with Gasteiger partial charge in [0, 0.05) is 17.1 Å². The number of benzene rings is 1. The first-order chi connectivity index (χ1) is 7.44. The first kappa shape index (κ1) is 13.7. The van der Waals surface area contributed by atoms with Gasteiger partial charge in [-0.1, -0.05) is 35.0 Å². The van der Waals surface area contributed by atoms with Gasteiger partial charge in [0.25, 0.3) is 0 Å². The van der Waals surface area contributed by atoms with E-state index in [-0.39, 0.29) is 6.04 Å². The third kappa shape index (κ3) is 4.24. The molecule has 0 bridgehead atoms. The van der Waals surface area contributed by atoms with Crippen molar-refractivity contribution < 1.29 is 5.11 Å². The van der Waals surface area contributed by atoms with Crippen LogP contribution in [-0.2, 0) is 0 Å². The Balaban J connectivity index is 2.53. The van der Waals surface area contributed by atoms with E-state index in [1.807, 2.05) is 26.0 Å². The lowest BCUT2D eigenvalue weighted by Crippen LogP contribution is -2.38. The van der Waals surface area contributed by atoms with E-state index < -0.39 is 5.60 Å². The standard InChI is InChI=1S/C13H20BrNO/c1-4-13(3,16)9-15-10(2)11-5-7-12(14)8-6-11/h5-8,10,15-16H,4,9H2,1-3H3. The molecule has 0 fully saturated rings. The highest BCUT2D eigenvalue weighted by molar-refractivity contribution is 9.10. The van der Waals surface area contributed by atoms with Crippen LogP contribution in [0.3, 0.4) is 0 Å². The Labute approximate surface area is 106 Å². The number of halogens is 1. The minimum atomic E-state index is -0.621. The average Bonchev–Trinajstić information content (AvgIpc) is 2.27. The number of nitrogens with one attached hydrogen (secondary N) is 1. The second-order valence-electron chi connectivity index (χ2n) is 4.50. The first-order valence-electron chi connectivity index (χ1n) is 5.66. The summed E-state index contributed by atoms with van der Waals surface area (Å²) in [4.78, 5) is 0. The van der Waals surface area contributed by atoms with Crippen LogP contribution < -0.4 is 5.32 Å². The fraction of sp³-hybridized carbons (Fsp3) is 0.538. The van der Waals surface area contributed by atoms with Gasteiger partial charge in [-0.2, -0.15) is 0 Å². The summed E-state index contributed by atoms with van der Waals surface area (Å²) in [5, 5.41) is 13.2. The summed E-state index contributed by atoms with van der Waals surface area (Å²) in [6.45, 7) is 6.57. The zero-order valence-corrected chi connectivity index (χ0v) is 11.7. The maximum atomic E-state index is 9.89. The monoisotopic (exact) mass is 285 g/mol. The van der Waals surface area contributed by atoms with Crippen LogP contribution in [0.1, 0.15) is 38.8 Å². The smallest absolute Gasteiger partial charge is 0.0741 e. The van der Waals surface area contributed by atoms with Crippen molar-refractivity contribution in [2.24, 2.45) is 0 Å². The van der Waals surface area contributed by atoms with E-state index in [1.54, 1.807) is 0 Å². The minimum Gasteiger partial charge on any atom is -0.389 e. The molecule has 1 rings (SSSR count). The zero-order valence-electron chi connectivity index (χ0n) is 10.1. The molecule has 0 aliphatic rings. The van der Waals surface area contributed by atoms with Crippen LogP contribution in [0.15, 0.2) is 28.7 Å². The van der Waals surface area contributed by atoms with Crippen molar-refractivity contribution in [3.05, 3.63) is 34.3 Å². The second-order valence-corrected chi connectivity index (χ2v) is 5.42. The molecule has 90 valence electrons. The van der Waals surface area contributed by atoms with Crippen molar-refractivity contribution in [2.75, 3.05) is 6.54 Å². The lowest BCUT2D eigenvalue weighted by atomic mass is 10.0. The fourth-order valence-corrected chi connectivity index (χ4v) is 1.63. The summed E-state index contributed by atoms with van der Waals surface area (Å²) in [5.74, 6) is 0. The highest BCUT2D eigenvalue weighted by atomic mass is 79.9. The van der Waals surface area contributed by atoms with Gasteiger partial charge in [0.15, 0.2) is 0 Å². The Kier molecular flexibility index (Phi) is 4.96. The van der Waals surface area contributed by atoms with Gasteiger partial charge in [-0.05, 0) is 38.0 Å². The number of aliphatic hydroxyl groups is 1. The van der Waals surface area contributed by atoms with Crippen LogP contribution in [0, 0.1) is 0 Å². The van der Waals surface area contributed by atoms with Crippen molar-refractivity contribution in [3.63, 3.8) is 0 Å². The molecule has 0 aliphatic carbocycles. The zero-order chi connectivity index (χ0) is 12.2. The average molecular weight is 286 g/mol. The molecular formula is C13H20BrNO. The predicted octanol–water partition coefficient (Wildman–Crippen LogP) is 3.26. The molecule has 0 saturated heterocycles. The van der Waals surface area contributed by atoms with Crippen LogP contribution >= 0.6 is 15.9 Å². The molecule has 3 heteroatoms. The molecular weight excluding hydrogens is 266 g/mol. The van der Waals surface area contributed by atoms with Crippen LogP contribution in [0.5, 0.6) is 0 Å². The normalized spacial score (nSPS) is 16.8. The summed E-state index contributed by atoms with van der Waals surface area (Å²) < 4.78 is 1.09. The van der Waals surface area contributed by atoms with Gasteiger partial charge < -0.3 is 10.4 Å². The van der Waals surface area contributed by atoms with Gasteiger partial charge in [-0.25, -0.2) is 0 Å². The van der Waals surface area contributed by atoms with Gasteiger partial charge in [0.05, 0.1) is 5.60 Å². The van der Waals surface area contributed by atoms with E-state index in [0.717, 1.165) is 10.9 Å². The Morgan fingerprint density at radius 3 is 2.44 bits per heavy atom. The number of hydrogen-bond donors (Lipinski definition) is 2. The van der Waals surface area contributed by atoms with E-state index in [4.69, 9.17) is 0 Å². The Bertz CT molecular complexity index is 321. The lowest BCUT2D eigenvalue weighted by molar-refractivity contribution is 0.0533. The van der Waals surface area contributed by atoms with Gasteiger partial charge in [-0.15, -0.1) is 0 Å². The fourth-order valence-electron chi connectivity index (χ4n) is 1.37. The third-order valence-electron chi connectivity index (χ3n) is 2.92. The van der Waals surface area contributed by atoms with Gasteiger partial charge in [-0.3, -0.25) is 0 Å². The first-order valence-corrected chi connectivity index (χ1v) is 6.45. The molecule has 16 heavy (non-hydrogen) atoms. The Morgan fingerprint density at radius 2 is 1.94 bits per heavy atom. The van der Waals surface area contributed by atoms with E-state index in [1.165, 1.54) is 5.56 Å². The second kappa shape index (κ2) is 5.80. The molecule has 2 nitrogen and oxygen atoms in total. The van der Waals surface area contributed by atoms with Crippen LogP contribution in [-0.4, -0.2) is 17.3 Å². The van der Waals surface area contributed by atoms with Crippen LogP contribution in [0.2, 0.25) is 0 Å². The quantitative estimate of drug-likeness (QED) is 0.870. The molecule has 1 aromatic rings. The Morgan fingerprint density at radius 1 is 1.38 bits per heavy atom. The molecule has 2 unspecified atom stereocenters. The molecule has 0 heterocycles.